The van der Waals surface area contributed by atoms with Gasteiger partial charge in [0.1, 0.15) is 36.2 Å². The number of aliphatic hydroxyl groups excluding tert-OH is 4. The molecule has 0 aliphatic carbocycles. The van der Waals surface area contributed by atoms with E-state index in [-0.39, 0.29) is 0 Å². The van der Waals surface area contributed by atoms with Crippen molar-refractivity contribution in [2.45, 2.75) is 30.5 Å². The number of ether oxygens (including phenoxy) is 3. The lowest BCUT2D eigenvalue weighted by molar-refractivity contribution is -0.232. The number of halogens is 1. The molecule has 146 valence electrons. The maximum atomic E-state index is 15.0. The fourth-order valence-corrected chi connectivity index (χ4v) is 2.94. The fraction of sp³-hybridized carbons (Fsp3) is 0.600. The van der Waals surface area contributed by atoms with Crippen molar-refractivity contribution in [3.63, 3.8) is 0 Å². The van der Waals surface area contributed by atoms with Crippen LogP contribution >= 0.6 is 0 Å². The predicted molar refractivity (Wildman–Crippen MR) is 80.8 cm³/mol. The maximum Gasteiger partial charge on any atom is 0.357 e. The Hall–Kier alpha value is -2.05. The van der Waals surface area contributed by atoms with Gasteiger partial charge < -0.3 is 39.2 Å². The molecular weight excluding hydrogens is 357 g/mol. The molecule has 0 radical (unpaired) electrons. The van der Waals surface area contributed by atoms with Crippen molar-refractivity contribution in [1.29, 1.82) is 0 Å². The van der Waals surface area contributed by atoms with Gasteiger partial charge in [-0.3, -0.25) is 0 Å². The first-order valence-corrected chi connectivity index (χ1v) is 7.56. The maximum absolute atomic E-state index is 15.0. The number of rotatable bonds is 4. The van der Waals surface area contributed by atoms with Crippen LogP contribution in [0.25, 0.3) is 0 Å². The van der Waals surface area contributed by atoms with E-state index in [4.69, 9.17) is 4.74 Å². The molecule has 0 saturated carbocycles. The molecule has 1 aliphatic heterocycles. The summed E-state index contributed by atoms with van der Waals surface area (Å²) < 4.78 is 30.2. The minimum Gasteiger partial charge on any atom is -0.464 e. The van der Waals surface area contributed by atoms with E-state index in [0.29, 0.717) is 0 Å². The first-order chi connectivity index (χ1) is 12.2. The topological polar surface area (TPSA) is 148 Å². The lowest BCUT2D eigenvalue weighted by Gasteiger charge is -2.40. The highest BCUT2D eigenvalue weighted by atomic mass is 19.1. The molecular formula is C15H20FNO9. The van der Waals surface area contributed by atoms with E-state index >= 15 is 0 Å². The monoisotopic (exact) mass is 377 g/mol. The Morgan fingerprint density at radius 2 is 1.62 bits per heavy atom. The van der Waals surface area contributed by atoms with Crippen molar-refractivity contribution < 1.29 is 48.6 Å². The van der Waals surface area contributed by atoms with E-state index in [9.17, 15) is 34.4 Å². The zero-order valence-corrected chi connectivity index (χ0v) is 14.2. The molecule has 1 saturated heterocycles. The summed E-state index contributed by atoms with van der Waals surface area (Å²) in [6.07, 6.45) is -8.30. The van der Waals surface area contributed by atoms with Gasteiger partial charge in [-0.25, -0.2) is 14.0 Å². The van der Waals surface area contributed by atoms with E-state index in [1.165, 1.54) is 7.05 Å². The van der Waals surface area contributed by atoms with Crippen LogP contribution in [0.3, 0.4) is 0 Å². The Kier molecular flexibility index (Phi) is 5.98. The molecule has 2 rings (SSSR count). The number of carbonyl (C=O) groups excluding carboxylic acids is 2. The van der Waals surface area contributed by atoms with Crippen LogP contribution in [0.15, 0.2) is 0 Å². The van der Waals surface area contributed by atoms with Gasteiger partial charge in [0.25, 0.3) is 0 Å². The van der Waals surface area contributed by atoms with Crippen molar-refractivity contribution in [3.8, 4) is 0 Å². The molecule has 0 aromatic carbocycles. The van der Waals surface area contributed by atoms with E-state index in [1.807, 2.05) is 0 Å². The number of carbonyl (C=O) groups is 2. The molecule has 0 bridgehead atoms. The van der Waals surface area contributed by atoms with Crippen LogP contribution < -0.4 is 0 Å². The van der Waals surface area contributed by atoms with Gasteiger partial charge in [-0.2, -0.15) is 0 Å². The van der Waals surface area contributed by atoms with Crippen molar-refractivity contribution >= 4 is 11.9 Å². The second kappa shape index (κ2) is 7.68. The van der Waals surface area contributed by atoms with Crippen LogP contribution in [0.4, 0.5) is 4.39 Å². The van der Waals surface area contributed by atoms with Crippen molar-refractivity contribution in [2.75, 3.05) is 20.8 Å². The van der Waals surface area contributed by atoms with E-state index in [2.05, 4.69) is 9.47 Å². The van der Waals surface area contributed by atoms with E-state index in [1.54, 1.807) is 0 Å². The molecule has 11 heteroatoms. The average molecular weight is 377 g/mol. The van der Waals surface area contributed by atoms with Gasteiger partial charge in [-0.05, 0) is 0 Å². The van der Waals surface area contributed by atoms with Crippen LogP contribution in [-0.4, -0.2) is 82.2 Å². The number of nitrogens with zero attached hydrogens (tertiary/aromatic N) is 1. The number of hydrogen-bond acceptors (Lipinski definition) is 9. The normalized spacial score (nSPS) is 28.7. The number of esters is 2. The molecule has 1 fully saturated rings. The molecule has 5 unspecified atom stereocenters. The SMILES string of the molecule is COC(=O)c1c(F)c(C2OC(CO)C(O)C(O)C2O)c(C(=O)OC)n1C. The Morgan fingerprint density at radius 3 is 2.12 bits per heavy atom. The van der Waals surface area contributed by atoms with Gasteiger partial charge in [0.15, 0.2) is 11.5 Å². The summed E-state index contributed by atoms with van der Waals surface area (Å²) in [5.74, 6) is -3.34. The first-order valence-electron chi connectivity index (χ1n) is 7.56. The van der Waals surface area contributed by atoms with Gasteiger partial charge in [0.2, 0.25) is 0 Å². The van der Waals surface area contributed by atoms with Crippen LogP contribution in [-0.2, 0) is 21.3 Å². The highest BCUT2D eigenvalue weighted by Crippen LogP contribution is 2.37. The quantitative estimate of drug-likeness (QED) is 0.448. The Bertz CT molecular complexity index is 702. The second-order valence-electron chi connectivity index (χ2n) is 5.72. The van der Waals surface area contributed by atoms with Crippen LogP contribution in [0.5, 0.6) is 0 Å². The molecule has 1 aromatic rings. The Labute approximate surface area is 147 Å². The Morgan fingerprint density at radius 1 is 1.08 bits per heavy atom. The van der Waals surface area contributed by atoms with Crippen LogP contribution in [0.2, 0.25) is 0 Å². The van der Waals surface area contributed by atoms with Crippen molar-refractivity contribution in [3.05, 3.63) is 22.8 Å². The Balaban J connectivity index is 2.67. The number of aromatic nitrogens is 1. The molecule has 5 atom stereocenters. The average Bonchev–Trinajstić information content (AvgIpc) is 2.89. The third-order valence-corrected chi connectivity index (χ3v) is 4.30. The lowest BCUT2D eigenvalue weighted by atomic mass is 9.91. The molecule has 10 nitrogen and oxygen atoms in total. The molecule has 1 aromatic heterocycles. The van der Waals surface area contributed by atoms with E-state index in [0.717, 1.165) is 18.8 Å². The summed E-state index contributed by atoms with van der Waals surface area (Å²) in [4.78, 5) is 24.0. The summed E-state index contributed by atoms with van der Waals surface area (Å²) in [7, 11) is 3.25. The summed E-state index contributed by atoms with van der Waals surface area (Å²) in [6.45, 7) is -0.743. The smallest absolute Gasteiger partial charge is 0.357 e. The highest BCUT2D eigenvalue weighted by Gasteiger charge is 2.48. The molecule has 4 N–H and O–H groups in total. The zero-order valence-electron chi connectivity index (χ0n) is 14.2. The second-order valence-corrected chi connectivity index (χ2v) is 5.72. The molecule has 2 heterocycles. The standard InChI is InChI=1S/C15H20FNO9/c1-17-8(14(22)24-2)6(7(16)9(17)15(23)25-3)13-12(21)11(20)10(19)5(4-18)26-13/h5,10-13,18-21H,4H2,1-3H3. The third kappa shape index (κ3) is 3.08. The third-order valence-electron chi connectivity index (χ3n) is 4.30. The summed E-state index contributed by atoms with van der Waals surface area (Å²) in [6, 6.07) is 0. The summed E-state index contributed by atoms with van der Waals surface area (Å²) >= 11 is 0. The fourth-order valence-electron chi connectivity index (χ4n) is 2.94. The zero-order chi connectivity index (χ0) is 19.8. The largest absolute Gasteiger partial charge is 0.464 e. The van der Waals surface area contributed by atoms with Crippen LogP contribution in [0.1, 0.15) is 32.6 Å². The summed E-state index contributed by atoms with van der Waals surface area (Å²) in [5.41, 5.74) is -1.63. The number of aliphatic hydroxyl groups is 4. The van der Waals surface area contributed by atoms with Crippen molar-refractivity contribution in [1.82, 2.24) is 4.57 Å². The number of methoxy groups -OCH3 is 2. The molecule has 26 heavy (non-hydrogen) atoms. The minimum absolute atomic E-state index is 0.449. The predicted octanol–water partition coefficient (Wildman–Crippen LogP) is -1.75. The first kappa shape index (κ1) is 20.3. The molecule has 0 spiro atoms. The van der Waals surface area contributed by atoms with Gasteiger partial charge in [0, 0.05) is 7.05 Å². The lowest BCUT2D eigenvalue weighted by Crippen LogP contribution is -2.55. The van der Waals surface area contributed by atoms with Gasteiger partial charge in [-0.15, -0.1) is 0 Å². The summed E-state index contributed by atoms with van der Waals surface area (Å²) in [5, 5.41) is 39.2. The van der Waals surface area contributed by atoms with Gasteiger partial charge in [0.05, 0.1) is 26.4 Å². The van der Waals surface area contributed by atoms with Gasteiger partial charge >= 0.3 is 11.9 Å². The van der Waals surface area contributed by atoms with Gasteiger partial charge in [-0.1, -0.05) is 0 Å². The van der Waals surface area contributed by atoms with Crippen molar-refractivity contribution in [2.24, 2.45) is 7.05 Å². The minimum atomic E-state index is -1.85. The molecule has 1 aliphatic rings. The van der Waals surface area contributed by atoms with E-state index < -0.39 is 71.8 Å². The molecule has 0 amide bonds. The van der Waals surface area contributed by atoms with Crippen LogP contribution in [0, 0.1) is 5.82 Å². The highest BCUT2D eigenvalue weighted by molar-refractivity contribution is 5.95. The number of hydrogen-bond donors (Lipinski definition) is 4.